The normalized spacial score (nSPS) is 12.8. The Hall–Kier alpha value is -2.39. The lowest BCUT2D eigenvalue weighted by atomic mass is 10.2. The molecule has 2 aromatic heterocycles. The van der Waals surface area contributed by atoms with E-state index in [0.717, 1.165) is 9.04 Å². The van der Waals surface area contributed by atoms with Crippen LogP contribution in [0.2, 0.25) is 0 Å². The molecular weight excluding hydrogens is 464 g/mol. The summed E-state index contributed by atoms with van der Waals surface area (Å²) in [6, 6.07) is 7.21. The van der Waals surface area contributed by atoms with Gasteiger partial charge in [0.25, 0.3) is 5.56 Å². The molecule has 0 aliphatic carbocycles. The summed E-state index contributed by atoms with van der Waals surface area (Å²) >= 11 is 3.36. The second kappa shape index (κ2) is 9.82. The summed E-state index contributed by atoms with van der Waals surface area (Å²) in [5.74, 6) is 1.09. The van der Waals surface area contributed by atoms with Gasteiger partial charge in [0.15, 0.2) is 11.2 Å². The molecule has 0 saturated heterocycles. The Balaban J connectivity index is 1.95. The molecule has 1 unspecified atom stereocenters. The van der Waals surface area contributed by atoms with Crippen LogP contribution < -0.4 is 16.0 Å². The van der Waals surface area contributed by atoms with Gasteiger partial charge in [-0.2, -0.15) is 0 Å². The Morgan fingerprint density at radius 1 is 1.00 bits per heavy atom. The zero-order chi connectivity index (χ0) is 22.7. The molecule has 0 radical (unpaired) electrons. The van der Waals surface area contributed by atoms with Gasteiger partial charge in [0.2, 0.25) is 0 Å². The van der Waals surface area contributed by atoms with E-state index >= 15 is 0 Å². The minimum absolute atomic E-state index is 0.0407. The Morgan fingerprint density at radius 2 is 1.65 bits per heavy atom. The third-order valence-corrected chi connectivity index (χ3v) is 5.27. The molecule has 1 aromatic carbocycles. The van der Waals surface area contributed by atoms with E-state index in [1.807, 2.05) is 26.0 Å². The van der Waals surface area contributed by atoms with Crippen LogP contribution in [0.1, 0.15) is 27.7 Å². The SMILES string of the molecule is CC(C)Cn1cnc2c1c(=O)n(CC(O)COc1ccc(Br)cc1)c(=O)n2CC(C)C. The van der Waals surface area contributed by atoms with Crippen molar-refractivity contribution in [3.63, 3.8) is 0 Å². The summed E-state index contributed by atoms with van der Waals surface area (Å²) in [5, 5.41) is 10.5. The molecule has 0 aliphatic rings. The van der Waals surface area contributed by atoms with E-state index in [4.69, 9.17) is 4.74 Å². The number of rotatable bonds is 9. The minimum atomic E-state index is -1.03. The lowest BCUT2D eigenvalue weighted by molar-refractivity contribution is 0.0901. The standard InChI is InChI=1S/C22H29BrN4O4/c1-14(2)9-25-13-24-20-19(25)21(29)27(22(30)26(20)10-15(3)4)11-17(28)12-31-18-7-5-16(23)6-8-18/h5-8,13-15,17,28H,9-12H2,1-4H3. The van der Waals surface area contributed by atoms with Gasteiger partial charge in [0.1, 0.15) is 18.5 Å². The topological polar surface area (TPSA) is 91.3 Å². The number of nitrogens with zero attached hydrogens (tertiary/aromatic N) is 4. The summed E-state index contributed by atoms with van der Waals surface area (Å²) in [6.45, 7) is 8.95. The van der Waals surface area contributed by atoms with E-state index in [2.05, 4.69) is 34.8 Å². The highest BCUT2D eigenvalue weighted by molar-refractivity contribution is 9.10. The van der Waals surface area contributed by atoms with Gasteiger partial charge in [-0.25, -0.2) is 9.78 Å². The fraction of sp³-hybridized carbons (Fsp3) is 0.500. The van der Waals surface area contributed by atoms with E-state index in [1.54, 1.807) is 23.0 Å². The predicted octanol–water partition coefficient (Wildman–Crippen LogP) is 2.87. The second-order valence-electron chi connectivity index (χ2n) is 8.58. The van der Waals surface area contributed by atoms with Crippen LogP contribution in [0.25, 0.3) is 11.2 Å². The maximum atomic E-state index is 13.2. The third-order valence-electron chi connectivity index (χ3n) is 4.74. The zero-order valence-electron chi connectivity index (χ0n) is 18.3. The Labute approximate surface area is 189 Å². The van der Waals surface area contributed by atoms with E-state index < -0.39 is 17.4 Å². The summed E-state index contributed by atoms with van der Waals surface area (Å²) in [6.07, 6.45) is 0.584. The Kier molecular flexibility index (Phi) is 7.38. The van der Waals surface area contributed by atoms with Gasteiger partial charge < -0.3 is 14.4 Å². The molecule has 2 heterocycles. The van der Waals surface area contributed by atoms with Crippen LogP contribution in [0.4, 0.5) is 0 Å². The van der Waals surface area contributed by atoms with Gasteiger partial charge in [-0.1, -0.05) is 43.6 Å². The van der Waals surface area contributed by atoms with Crippen LogP contribution in [-0.4, -0.2) is 36.5 Å². The first-order chi connectivity index (χ1) is 14.7. The number of imidazole rings is 1. The van der Waals surface area contributed by atoms with Crippen molar-refractivity contribution in [1.29, 1.82) is 0 Å². The lowest BCUT2D eigenvalue weighted by Gasteiger charge is -2.17. The molecule has 8 nitrogen and oxygen atoms in total. The van der Waals surface area contributed by atoms with Gasteiger partial charge in [-0.3, -0.25) is 13.9 Å². The number of benzene rings is 1. The van der Waals surface area contributed by atoms with Crippen molar-refractivity contribution in [2.75, 3.05) is 6.61 Å². The van der Waals surface area contributed by atoms with Gasteiger partial charge in [-0.05, 0) is 36.1 Å². The minimum Gasteiger partial charge on any atom is -0.491 e. The highest BCUT2D eigenvalue weighted by atomic mass is 79.9. The fourth-order valence-corrected chi connectivity index (χ4v) is 3.71. The molecule has 9 heteroatoms. The molecule has 0 spiro atoms. The lowest BCUT2D eigenvalue weighted by Crippen LogP contribution is -2.44. The van der Waals surface area contributed by atoms with Gasteiger partial charge >= 0.3 is 5.69 Å². The first-order valence-electron chi connectivity index (χ1n) is 10.4. The molecule has 31 heavy (non-hydrogen) atoms. The molecule has 3 rings (SSSR count). The van der Waals surface area contributed by atoms with Crippen LogP contribution in [0.5, 0.6) is 5.75 Å². The van der Waals surface area contributed by atoms with Crippen LogP contribution in [0.15, 0.2) is 44.7 Å². The molecule has 1 N–H and O–H groups in total. The molecule has 3 aromatic rings. The van der Waals surface area contributed by atoms with E-state index in [1.165, 1.54) is 4.57 Å². The summed E-state index contributed by atoms with van der Waals surface area (Å²) < 4.78 is 10.9. The van der Waals surface area contributed by atoms with E-state index in [-0.39, 0.29) is 19.1 Å². The van der Waals surface area contributed by atoms with Gasteiger partial charge in [0.05, 0.1) is 12.9 Å². The average Bonchev–Trinajstić information content (AvgIpc) is 3.10. The number of aliphatic hydroxyl groups excluding tert-OH is 1. The molecular formula is C22H29BrN4O4. The van der Waals surface area contributed by atoms with Crippen molar-refractivity contribution >= 4 is 27.1 Å². The quantitative estimate of drug-likeness (QED) is 0.495. The maximum absolute atomic E-state index is 13.2. The molecule has 0 fully saturated rings. The largest absolute Gasteiger partial charge is 0.491 e. The van der Waals surface area contributed by atoms with E-state index in [9.17, 15) is 14.7 Å². The van der Waals surface area contributed by atoms with Crippen LogP contribution >= 0.6 is 15.9 Å². The number of aromatic nitrogens is 4. The second-order valence-corrected chi connectivity index (χ2v) is 9.50. The zero-order valence-corrected chi connectivity index (χ0v) is 19.9. The number of hydrogen-bond donors (Lipinski definition) is 1. The Morgan fingerprint density at radius 3 is 2.26 bits per heavy atom. The van der Waals surface area contributed by atoms with Crippen LogP contribution in [0.3, 0.4) is 0 Å². The summed E-state index contributed by atoms with van der Waals surface area (Å²) in [4.78, 5) is 30.7. The van der Waals surface area contributed by atoms with Crippen molar-refractivity contribution < 1.29 is 9.84 Å². The number of hydrogen-bond acceptors (Lipinski definition) is 5. The van der Waals surface area contributed by atoms with Crippen LogP contribution in [-0.2, 0) is 19.6 Å². The number of aliphatic hydroxyl groups is 1. The average molecular weight is 493 g/mol. The highest BCUT2D eigenvalue weighted by Crippen LogP contribution is 2.16. The Bertz CT molecular complexity index is 1150. The molecule has 0 aliphatic heterocycles. The predicted molar refractivity (Wildman–Crippen MR) is 124 cm³/mol. The monoisotopic (exact) mass is 492 g/mol. The molecule has 0 bridgehead atoms. The molecule has 1 atom stereocenters. The third kappa shape index (κ3) is 5.46. The van der Waals surface area contributed by atoms with Crippen molar-refractivity contribution in [2.45, 2.75) is 53.4 Å². The molecule has 0 amide bonds. The first kappa shape index (κ1) is 23.3. The fourth-order valence-electron chi connectivity index (χ4n) is 3.45. The van der Waals surface area contributed by atoms with Gasteiger partial charge in [0, 0.05) is 17.6 Å². The highest BCUT2D eigenvalue weighted by Gasteiger charge is 2.21. The molecule has 168 valence electrons. The molecule has 0 saturated carbocycles. The maximum Gasteiger partial charge on any atom is 0.332 e. The number of ether oxygens (including phenoxy) is 1. The van der Waals surface area contributed by atoms with E-state index in [0.29, 0.717) is 35.9 Å². The van der Waals surface area contributed by atoms with Crippen molar-refractivity contribution in [1.82, 2.24) is 18.7 Å². The number of halogens is 1. The van der Waals surface area contributed by atoms with Crippen LogP contribution in [0, 0.1) is 11.8 Å². The number of fused-ring (bicyclic) bond motifs is 1. The van der Waals surface area contributed by atoms with Crippen molar-refractivity contribution in [2.24, 2.45) is 11.8 Å². The van der Waals surface area contributed by atoms with Crippen molar-refractivity contribution in [3.05, 3.63) is 55.9 Å². The summed E-state index contributed by atoms with van der Waals surface area (Å²) in [7, 11) is 0. The first-order valence-corrected chi connectivity index (χ1v) is 11.2. The smallest absolute Gasteiger partial charge is 0.332 e. The van der Waals surface area contributed by atoms with Crippen molar-refractivity contribution in [3.8, 4) is 5.75 Å². The van der Waals surface area contributed by atoms with Gasteiger partial charge in [-0.15, -0.1) is 0 Å². The summed E-state index contributed by atoms with van der Waals surface area (Å²) in [5.41, 5.74) is -0.138.